The van der Waals surface area contributed by atoms with E-state index in [0.29, 0.717) is 5.75 Å². The van der Waals surface area contributed by atoms with Crippen LogP contribution in [0.4, 0.5) is 0 Å². The Balaban J connectivity index is 2.08. The molecule has 2 aromatic rings. The van der Waals surface area contributed by atoms with E-state index in [1.807, 2.05) is 0 Å². The van der Waals surface area contributed by atoms with Gasteiger partial charge in [0.2, 0.25) is 10.00 Å². The molecule has 2 aliphatic rings. The molecule has 0 amide bonds. The molecule has 2 atom stereocenters. The summed E-state index contributed by atoms with van der Waals surface area (Å²) in [7, 11) is 4.02. The Morgan fingerprint density at radius 2 is 1.25 bits per heavy atom. The third-order valence-electron chi connectivity index (χ3n) is 5.08. The number of hydrogen-bond donors (Lipinski definition) is 0. The van der Waals surface area contributed by atoms with E-state index >= 15 is 0 Å². The summed E-state index contributed by atoms with van der Waals surface area (Å²) in [6.45, 7) is 0. The molecule has 0 spiro atoms. The summed E-state index contributed by atoms with van der Waals surface area (Å²) in [5.41, 5.74) is -1.32. The van der Waals surface area contributed by atoms with Crippen molar-refractivity contribution in [2.24, 2.45) is 0 Å². The van der Waals surface area contributed by atoms with Gasteiger partial charge in [-0.3, -0.25) is 0 Å². The summed E-state index contributed by atoms with van der Waals surface area (Å²) >= 11 is 26.2. The normalized spacial score (nSPS) is 27.4. The fraction of sp³-hybridized carbons (Fsp3) is 0.375. The molecule has 2 bridgehead atoms. The van der Waals surface area contributed by atoms with Gasteiger partial charge >= 0.3 is 11.4 Å². The number of halogens is 4. The lowest BCUT2D eigenvalue weighted by Crippen LogP contribution is -2.58. The molecule has 0 saturated carbocycles. The number of fused-ring (bicyclic) bond motifs is 5. The molecule has 1 aliphatic carbocycles. The second kappa shape index (κ2) is 6.04. The maximum atomic E-state index is 13.2. The van der Waals surface area contributed by atoms with Crippen molar-refractivity contribution in [3.05, 3.63) is 55.3 Å². The van der Waals surface area contributed by atoms with E-state index < -0.39 is 27.2 Å². The van der Waals surface area contributed by atoms with Crippen molar-refractivity contribution in [2.45, 2.75) is 15.8 Å². The van der Waals surface area contributed by atoms with Gasteiger partial charge in [0, 0.05) is 14.2 Å². The first-order valence-corrected chi connectivity index (χ1v) is 9.35. The minimum absolute atomic E-state index is 0.177. The number of nitrogens with zero attached hydrogens (tertiary/aromatic N) is 3. The molecule has 0 saturated heterocycles. The third-order valence-corrected chi connectivity index (χ3v) is 7.49. The van der Waals surface area contributed by atoms with E-state index in [1.54, 1.807) is 12.1 Å². The number of hydrogen-bond acceptors (Lipinski definition) is 5. The highest BCUT2D eigenvalue weighted by Gasteiger charge is 2.82. The first-order valence-electron chi connectivity index (χ1n) is 7.84. The summed E-state index contributed by atoms with van der Waals surface area (Å²) in [4.78, 5) is 22.5. The van der Waals surface area contributed by atoms with E-state index in [4.69, 9.17) is 60.6 Å². The van der Waals surface area contributed by atoms with Crippen LogP contribution in [-0.2, 0) is 19.5 Å². The van der Waals surface area contributed by atoms with Gasteiger partial charge in [0.05, 0.1) is 22.9 Å². The Morgan fingerprint density at radius 3 is 1.61 bits per heavy atom. The summed E-state index contributed by atoms with van der Waals surface area (Å²) in [5.74, 6) is -1.38. The summed E-state index contributed by atoms with van der Waals surface area (Å²) < 4.78 is 18.7. The topological polar surface area (TPSA) is 76.6 Å². The molecule has 8 nitrogen and oxygen atoms in total. The number of methoxy groups -OCH3 is 3. The molecule has 0 fully saturated rings. The van der Waals surface area contributed by atoms with Crippen molar-refractivity contribution in [3.63, 3.8) is 0 Å². The SMILES string of the molecule is COc1ccc(-n2c(=O)n3n(c2=O)C2(Cl)C(Cl)=C(Cl)C3(Cl)C2(OC)OC)cc1. The second-order valence-corrected chi connectivity index (χ2v) is 7.97. The van der Waals surface area contributed by atoms with Crippen LogP contribution in [0.2, 0.25) is 0 Å². The van der Waals surface area contributed by atoms with Crippen LogP contribution in [0, 0.1) is 0 Å². The van der Waals surface area contributed by atoms with Crippen molar-refractivity contribution in [2.75, 3.05) is 21.3 Å². The lowest BCUT2D eigenvalue weighted by atomic mass is 10.1. The van der Waals surface area contributed by atoms with E-state index in [9.17, 15) is 9.59 Å². The van der Waals surface area contributed by atoms with Gasteiger partial charge in [-0.2, -0.15) is 9.36 Å². The molecular formula is C16H13Cl4N3O5. The van der Waals surface area contributed by atoms with Crippen molar-refractivity contribution in [1.29, 1.82) is 0 Å². The molecule has 28 heavy (non-hydrogen) atoms. The van der Waals surface area contributed by atoms with Crippen LogP contribution < -0.4 is 16.1 Å². The zero-order chi connectivity index (χ0) is 20.6. The number of ether oxygens (including phenoxy) is 3. The first kappa shape index (κ1) is 19.9. The minimum Gasteiger partial charge on any atom is -0.497 e. The van der Waals surface area contributed by atoms with Crippen LogP contribution in [0.1, 0.15) is 0 Å². The van der Waals surface area contributed by atoms with Gasteiger partial charge in [0.1, 0.15) is 5.75 Å². The van der Waals surface area contributed by atoms with Gasteiger partial charge in [0.25, 0.3) is 5.79 Å². The number of benzene rings is 1. The molecule has 0 radical (unpaired) electrons. The quantitative estimate of drug-likeness (QED) is 0.508. The zero-order valence-corrected chi connectivity index (χ0v) is 17.7. The second-order valence-electron chi connectivity index (χ2n) is 6.12. The Hall–Kier alpha value is -1.42. The van der Waals surface area contributed by atoms with E-state index in [1.165, 1.54) is 33.5 Å². The maximum Gasteiger partial charge on any atom is 0.354 e. The van der Waals surface area contributed by atoms with Gasteiger partial charge < -0.3 is 14.2 Å². The summed E-state index contributed by atoms with van der Waals surface area (Å²) in [6, 6.07) is 6.28. The lowest BCUT2D eigenvalue weighted by Gasteiger charge is -2.38. The predicted octanol–water partition coefficient (Wildman–Crippen LogP) is 2.30. The average molecular weight is 469 g/mol. The minimum atomic E-state index is -2.00. The lowest BCUT2D eigenvalue weighted by molar-refractivity contribution is -0.240. The zero-order valence-electron chi connectivity index (χ0n) is 14.7. The van der Waals surface area contributed by atoms with Crippen LogP contribution in [0.15, 0.2) is 43.9 Å². The Kier molecular flexibility index (Phi) is 4.29. The van der Waals surface area contributed by atoms with E-state index in [-0.39, 0.29) is 15.8 Å². The number of rotatable bonds is 4. The van der Waals surface area contributed by atoms with Gasteiger partial charge in [-0.05, 0) is 24.3 Å². The molecule has 12 heteroatoms. The monoisotopic (exact) mass is 467 g/mol. The fourth-order valence-corrected chi connectivity index (χ4v) is 5.72. The standard InChI is InChI=1S/C16H13Cl4N3O5/c1-26-9-6-4-8(5-7-9)21-12(24)22-14(19)10(17)11(18)15(20,23(22)13(21)25)16(14,27-2)28-3/h4-7H,1-3H3. The number of aromatic nitrogens is 3. The molecule has 1 aromatic heterocycles. The van der Waals surface area contributed by atoms with Gasteiger partial charge in [-0.1, -0.05) is 46.4 Å². The van der Waals surface area contributed by atoms with Crippen molar-refractivity contribution in [1.82, 2.24) is 13.9 Å². The van der Waals surface area contributed by atoms with Crippen molar-refractivity contribution in [3.8, 4) is 11.4 Å². The highest BCUT2D eigenvalue weighted by atomic mass is 35.5. The molecule has 150 valence electrons. The maximum absolute atomic E-state index is 13.2. The highest BCUT2D eigenvalue weighted by molar-refractivity contribution is 6.50. The Labute approximate surface area is 178 Å². The predicted molar refractivity (Wildman–Crippen MR) is 104 cm³/mol. The van der Waals surface area contributed by atoms with Crippen molar-refractivity contribution >= 4 is 46.4 Å². The van der Waals surface area contributed by atoms with Crippen LogP contribution >= 0.6 is 46.4 Å². The first-order chi connectivity index (χ1) is 13.2. The van der Waals surface area contributed by atoms with Crippen LogP contribution in [-0.4, -0.2) is 41.0 Å². The molecule has 2 unspecified atom stereocenters. The smallest absolute Gasteiger partial charge is 0.354 e. The van der Waals surface area contributed by atoms with E-state index in [2.05, 4.69) is 0 Å². The Morgan fingerprint density at radius 1 is 0.821 bits per heavy atom. The van der Waals surface area contributed by atoms with Crippen LogP contribution in [0.5, 0.6) is 5.75 Å². The van der Waals surface area contributed by atoms with Gasteiger partial charge in [-0.25, -0.2) is 14.2 Å². The summed E-state index contributed by atoms with van der Waals surface area (Å²) in [5, 5.41) is -0.355. The molecule has 1 aliphatic heterocycles. The molecular weight excluding hydrogens is 456 g/mol. The van der Waals surface area contributed by atoms with E-state index in [0.717, 1.165) is 13.9 Å². The van der Waals surface area contributed by atoms with Crippen LogP contribution in [0.25, 0.3) is 5.69 Å². The van der Waals surface area contributed by atoms with Gasteiger partial charge in [0.15, 0.2) is 0 Å². The van der Waals surface area contributed by atoms with Crippen LogP contribution in [0.3, 0.4) is 0 Å². The molecule has 2 heterocycles. The van der Waals surface area contributed by atoms with Gasteiger partial charge in [-0.15, -0.1) is 0 Å². The highest BCUT2D eigenvalue weighted by Crippen LogP contribution is 2.68. The number of alkyl halides is 2. The molecule has 1 aromatic carbocycles. The Bertz CT molecular complexity index is 1070. The summed E-state index contributed by atoms with van der Waals surface area (Å²) in [6.07, 6.45) is 0. The van der Waals surface area contributed by atoms with Crippen molar-refractivity contribution < 1.29 is 14.2 Å². The third kappa shape index (κ3) is 1.82. The molecule has 0 N–H and O–H groups in total. The molecule has 4 rings (SSSR count). The average Bonchev–Trinajstić information content (AvgIpc) is 3.12. The fourth-order valence-electron chi connectivity index (χ4n) is 3.82. The largest absolute Gasteiger partial charge is 0.497 e.